The molecule has 3 saturated heterocycles. The minimum absolute atomic E-state index is 0.0887. The first-order valence-electron chi connectivity index (χ1n) is 14.4. The van der Waals surface area contributed by atoms with E-state index in [4.69, 9.17) is 29.4 Å². The maximum absolute atomic E-state index is 9.91. The fraction of sp³-hybridized carbons (Fsp3) is 0.786. The summed E-state index contributed by atoms with van der Waals surface area (Å²) in [7, 11) is 0. The summed E-state index contributed by atoms with van der Waals surface area (Å²) in [6.07, 6.45) is 1.56. The number of aliphatic hydroxyl groups is 2. The van der Waals surface area contributed by atoms with Gasteiger partial charge in [0.05, 0.1) is 58.5 Å². The van der Waals surface area contributed by atoms with E-state index in [2.05, 4.69) is 24.3 Å². The van der Waals surface area contributed by atoms with Crippen LogP contribution in [0, 0.1) is 0 Å². The van der Waals surface area contributed by atoms with Crippen LogP contribution in [0.4, 0.5) is 0 Å². The van der Waals surface area contributed by atoms with Crippen LogP contribution in [0.25, 0.3) is 0 Å². The van der Waals surface area contributed by atoms with Gasteiger partial charge in [-0.1, -0.05) is 24.3 Å². The molecule has 0 saturated carbocycles. The van der Waals surface area contributed by atoms with E-state index in [0.717, 1.165) is 26.0 Å². The van der Waals surface area contributed by atoms with Gasteiger partial charge < -0.3 is 39.6 Å². The van der Waals surface area contributed by atoms with E-state index in [9.17, 15) is 10.2 Å². The molecule has 3 aliphatic rings. The van der Waals surface area contributed by atoms with Crippen molar-refractivity contribution in [3.05, 3.63) is 35.4 Å². The van der Waals surface area contributed by atoms with Gasteiger partial charge in [0.25, 0.3) is 0 Å². The Labute approximate surface area is 227 Å². The molecule has 3 atom stereocenters. The lowest BCUT2D eigenvalue weighted by molar-refractivity contribution is -1.58. The number of nitrogens with zero attached hydrogens (tertiary/aromatic N) is 2. The summed E-state index contributed by atoms with van der Waals surface area (Å²) in [5, 5.41) is 19.2. The third-order valence-corrected chi connectivity index (χ3v) is 8.50. The van der Waals surface area contributed by atoms with Gasteiger partial charge in [-0.2, -0.15) is 9.18 Å². The molecule has 3 fully saturated rings. The van der Waals surface area contributed by atoms with Crippen molar-refractivity contribution in [1.29, 1.82) is 0 Å². The summed E-state index contributed by atoms with van der Waals surface area (Å²) >= 11 is 0. The largest absolute Gasteiger partial charge is 0.394 e. The number of rotatable bonds is 19. The standard InChI is InChI=1S/C28H49N3O7/c29-7-15-34-17-19-36-20-18-35-16-13-31-11-9-30(31,10-12-31)8-5-24-1-3-25(4-2-24)6-14-37-28-22-26(33)21-27(23-32)38-28/h1-4,26-28,32-33H,5-23,29H2/q+2. The van der Waals surface area contributed by atoms with Crippen molar-refractivity contribution < 1.29 is 43.1 Å². The second-order valence-electron chi connectivity index (χ2n) is 10.8. The van der Waals surface area contributed by atoms with Crippen molar-refractivity contribution in [2.24, 2.45) is 5.73 Å². The monoisotopic (exact) mass is 539 g/mol. The molecular formula is C28H49N3O7+2. The van der Waals surface area contributed by atoms with Gasteiger partial charge in [0.1, 0.15) is 19.7 Å². The summed E-state index contributed by atoms with van der Waals surface area (Å²) < 4.78 is 30.6. The molecule has 0 aliphatic carbocycles. The zero-order valence-corrected chi connectivity index (χ0v) is 22.9. The summed E-state index contributed by atoms with van der Waals surface area (Å²) in [5.74, 6) is 0. The van der Waals surface area contributed by atoms with Gasteiger partial charge in [-0.05, 0) is 17.5 Å². The molecule has 10 nitrogen and oxygen atoms in total. The van der Waals surface area contributed by atoms with Crippen LogP contribution < -0.4 is 5.73 Å². The zero-order chi connectivity index (χ0) is 26.7. The van der Waals surface area contributed by atoms with Crippen LogP contribution in [-0.2, 0) is 36.5 Å². The maximum atomic E-state index is 9.91. The average Bonchev–Trinajstić information content (AvgIpc) is 2.92. The molecule has 216 valence electrons. The van der Waals surface area contributed by atoms with Crippen LogP contribution >= 0.6 is 0 Å². The average molecular weight is 540 g/mol. The smallest absolute Gasteiger partial charge is 0.176 e. The molecule has 0 amide bonds. The molecule has 10 heteroatoms. The van der Waals surface area contributed by atoms with Crippen LogP contribution in [-0.4, -0.2) is 137 Å². The van der Waals surface area contributed by atoms with E-state index >= 15 is 0 Å². The Morgan fingerprint density at radius 3 is 1.95 bits per heavy atom. The van der Waals surface area contributed by atoms with Crippen LogP contribution in [0.3, 0.4) is 0 Å². The Bertz CT molecular complexity index is 804. The highest BCUT2D eigenvalue weighted by atomic mass is 16.7. The Morgan fingerprint density at radius 1 is 0.763 bits per heavy atom. The zero-order valence-electron chi connectivity index (χ0n) is 22.9. The normalized spacial score (nSPS) is 30.4. The van der Waals surface area contributed by atoms with Gasteiger partial charge in [0, 0.05) is 25.8 Å². The molecule has 0 aromatic heterocycles. The molecule has 0 bridgehead atoms. The molecule has 4 rings (SSSR count). The van der Waals surface area contributed by atoms with Crippen molar-refractivity contribution in [2.45, 2.75) is 44.2 Å². The Hall–Kier alpha value is -1.18. The Kier molecular flexibility index (Phi) is 11.8. The number of ether oxygens (including phenoxy) is 5. The van der Waals surface area contributed by atoms with E-state index < -0.39 is 12.4 Å². The molecular weight excluding hydrogens is 490 g/mol. The second kappa shape index (κ2) is 15.0. The second-order valence-corrected chi connectivity index (χ2v) is 10.8. The molecule has 1 aromatic rings. The maximum Gasteiger partial charge on any atom is 0.176 e. The summed E-state index contributed by atoms with van der Waals surface area (Å²) in [5.41, 5.74) is 8.01. The van der Waals surface area contributed by atoms with Gasteiger partial charge >= 0.3 is 0 Å². The van der Waals surface area contributed by atoms with E-state index in [1.807, 2.05) is 0 Å². The fourth-order valence-electron chi connectivity index (χ4n) is 5.98. The lowest BCUT2D eigenvalue weighted by atomic mass is 10.0. The topological polar surface area (TPSA) is 113 Å². The van der Waals surface area contributed by atoms with Gasteiger partial charge in [0.15, 0.2) is 32.5 Å². The van der Waals surface area contributed by atoms with E-state index in [1.165, 1.54) is 53.0 Å². The van der Waals surface area contributed by atoms with Gasteiger partial charge in [-0.25, -0.2) is 0 Å². The molecule has 4 N–H and O–H groups in total. The summed E-state index contributed by atoms with van der Waals surface area (Å²) in [6, 6.07) is 8.88. The van der Waals surface area contributed by atoms with Gasteiger partial charge in [0.2, 0.25) is 0 Å². The number of fused-ring (bicyclic) bond motifs is 1. The van der Waals surface area contributed by atoms with E-state index in [0.29, 0.717) is 59.0 Å². The highest BCUT2D eigenvalue weighted by Gasteiger charge is 2.67. The SMILES string of the molecule is NCCOCCOCCOCC[N+]12CC[N+]1(CCc1ccc(CCOC3CC(O)CC(CO)O3)cc1)CC2. The summed E-state index contributed by atoms with van der Waals surface area (Å²) in [4.78, 5) is 0. The van der Waals surface area contributed by atoms with Crippen LogP contribution in [0.15, 0.2) is 24.3 Å². The van der Waals surface area contributed by atoms with Gasteiger partial charge in [-0.15, -0.1) is 0 Å². The first kappa shape index (κ1) is 29.8. The molecule has 1 aromatic carbocycles. The molecule has 0 radical (unpaired) electrons. The molecule has 3 heterocycles. The highest BCUT2D eigenvalue weighted by Crippen LogP contribution is 2.40. The van der Waals surface area contributed by atoms with Crippen LogP contribution in [0.1, 0.15) is 24.0 Å². The minimum atomic E-state index is -0.475. The van der Waals surface area contributed by atoms with E-state index in [-0.39, 0.29) is 12.7 Å². The third-order valence-electron chi connectivity index (χ3n) is 8.50. The number of quaternary nitrogens is 2. The number of hydrogen-bond donors (Lipinski definition) is 3. The first-order valence-corrected chi connectivity index (χ1v) is 14.4. The number of hydrogen-bond acceptors (Lipinski definition) is 8. The van der Waals surface area contributed by atoms with Crippen LogP contribution in [0.2, 0.25) is 0 Å². The molecule has 3 aliphatic heterocycles. The number of benzene rings is 1. The summed E-state index contributed by atoms with van der Waals surface area (Å²) in [6.45, 7) is 12.1. The van der Waals surface area contributed by atoms with Crippen LogP contribution in [0.5, 0.6) is 0 Å². The Balaban J connectivity index is 1.09. The number of aliphatic hydroxyl groups excluding tert-OH is 2. The lowest BCUT2D eigenvalue weighted by Gasteiger charge is -2.67. The molecule has 38 heavy (non-hydrogen) atoms. The van der Waals surface area contributed by atoms with Crippen molar-refractivity contribution in [1.82, 2.24) is 0 Å². The third kappa shape index (κ3) is 7.94. The fourth-order valence-corrected chi connectivity index (χ4v) is 5.98. The number of nitrogens with two attached hydrogens (primary N) is 1. The van der Waals surface area contributed by atoms with Crippen molar-refractivity contribution in [3.63, 3.8) is 0 Å². The highest BCUT2D eigenvalue weighted by molar-refractivity contribution is 5.22. The predicted octanol–water partition coefficient (Wildman–Crippen LogP) is 0.231. The van der Waals surface area contributed by atoms with Gasteiger partial charge in [-0.3, -0.25) is 0 Å². The predicted molar refractivity (Wildman–Crippen MR) is 142 cm³/mol. The lowest BCUT2D eigenvalue weighted by Crippen LogP contribution is -2.93. The number of piperazine rings is 1. The molecule has 0 spiro atoms. The van der Waals surface area contributed by atoms with Crippen molar-refractivity contribution in [2.75, 3.05) is 98.7 Å². The van der Waals surface area contributed by atoms with Crippen molar-refractivity contribution >= 4 is 0 Å². The molecule has 3 unspecified atom stereocenters. The quantitative estimate of drug-likeness (QED) is 0.169. The first-order chi connectivity index (χ1) is 18.6. The van der Waals surface area contributed by atoms with Crippen molar-refractivity contribution in [3.8, 4) is 0 Å². The minimum Gasteiger partial charge on any atom is -0.394 e. The Morgan fingerprint density at radius 2 is 1.34 bits per heavy atom. The van der Waals surface area contributed by atoms with E-state index in [1.54, 1.807) is 0 Å².